The SMILES string of the molecule is CC(=O)OCC12CC(OC(=O)CC(C)C)C(C)=CC1OC1C(OC(C)=O)C(O)C2(C)C12CO2. The van der Waals surface area contributed by atoms with Gasteiger partial charge in [0, 0.05) is 37.5 Å². The lowest BCUT2D eigenvalue weighted by molar-refractivity contribution is -0.239. The Kier molecular flexibility index (Phi) is 5.90. The minimum Gasteiger partial charge on any atom is -0.465 e. The standard InChI is InChI=1S/C24H34O9/c1-12(2)7-18(27)32-16-9-23(10-29-14(4)25)17(8-13(16)3)33-21-19(31-15(5)26)20(28)22(23,6)24(21)11-30-24/h8,12,16-17,19-21,28H,7,9-11H2,1-6H3. The van der Waals surface area contributed by atoms with Gasteiger partial charge in [0.2, 0.25) is 0 Å². The molecule has 4 aliphatic rings. The summed E-state index contributed by atoms with van der Waals surface area (Å²) in [6, 6.07) is 0. The summed E-state index contributed by atoms with van der Waals surface area (Å²) in [5.41, 5.74) is -2.04. The fourth-order valence-electron chi connectivity index (χ4n) is 6.21. The minimum atomic E-state index is -1.13. The van der Waals surface area contributed by atoms with Crippen molar-refractivity contribution in [1.82, 2.24) is 0 Å². The number of rotatable bonds is 6. The van der Waals surface area contributed by atoms with Gasteiger partial charge in [-0.15, -0.1) is 0 Å². The van der Waals surface area contributed by atoms with Crippen molar-refractivity contribution in [1.29, 1.82) is 0 Å². The molecule has 0 amide bonds. The zero-order chi connectivity index (χ0) is 24.3. The number of ether oxygens (including phenoxy) is 5. The van der Waals surface area contributed by atoms with Gasteiger partial charge in [0.25, 0.3) is 0 Å². The second kappa shape index (κ2) is 8.06. The van der Waals surface area contributed by atoms with Gasteiger partial charge in [-0.05, 0) is 18.4 Å². The maximum atomic E-state index is 12.5. The number of hydrogen-bond donors (Lipinski definition) is 1. The Morgan fingerprint density at radius 3 is 2.42 bits per heavy atom. The van der Waals surface area contributed by atoms with Crippen LogP contribution in [0.4, 0.5) is 0 Å². The largest absolute Gasteiger partial charge is 0.465 e. The number of carbonyl (C=O) groups excluding carboxylic acids is 3. The van der Waals surface area contributed by atoms with Gasteiger partial charge >= 0.3 is 17.9 Å². The van der Waals surface area contributed by atoms with E-state index >= 15 is 0 Å². The Morgan fingerprint density at radius 1 is 1.21 bits per heavy atom. The average molecular weight is 467 g/mol. The van der Waals surface area contributed by atoms with Gasteiger partial charge in [0.05, 0.1) is 12.7 Å². The van der Waals surface area contributed by atoms with Crippen LogP contribution < -0.4 is 0 Å². The number of aliphatic hydroxyl groups is 1. The highest BCUT2D eigenvalue weighted by Gasteiger charge is 2.86. The van der Waals surface area contributed by atoms with Crippen molar-refractivity contribution in [2.75, 3.05) is 13.2 Å². The first-order valence-electron chi connectivity index (χ1n) is 11.5. The van der Waals surface area contributed by atoms with Crippen LogP contribution in [0.15, 0.2) is 11.6 Å². The second-order valence-corrected chi connectivity index (χ2v) is 10.5. The van der Waals surface area contributed by atoms with Crippen molar-refractivity contribution in [2.45, 2.75) is 90.5 Å². The number of carbonyl (C=O) groups is 3. The van der Waals surface area contributed by atoms with Crippen molar-refractivity contribution < 1.29 is 43.2 Å². The smallest absolute Gasteiger partial charge is 0.306 e. The Morgan fingerprint density at radius 2 is 1.88 bits per heavy atom. The first kappa shape index (κ1) is 24.2. The van der Waals surface area contributed by atoms with Crippen molar-refractivity contribution in [3.63, 3.8) is 0 Å². The summed E-state index contributed by atoms with van der Waals surface area (Å²) in [5.74, 6) is -1.17. The van der Waals surface area contributed by atoms with E-state index in [1.54, 1.807) is 0 Å². The van der Waals surface area contributed by atoms with Crippen LogP contribution in [-0.2, 0) is 38.1 Å². The van der Waals surface area contributed by atoms with Gasteiger partial charge in [-0.2, -0.15) is 0 Å². The second-order valence-electron chi connectivity index (χ2n) is 10.5. The molecule has 8 unspecified atom stereocenters. The molecule has 4 rings (SSSR count). The molecule has 9 heteroatoms. The van der Waals surface area contributed by atoms with E-state index in [0.717, 1.165) is 5.57 Å². The third-order valence-corrected chi connectivity index (χ3v) is 8.02. The first-order chi connectivity index (χ1) is 15.4. The summed E-state index contributed by atoms with van der Waals surface area (Å²) < 4.78 is 29.3. The predicted octanol–water partition coefficient (Wildman–Crippen LogP) is 1.69. The lowest BCUT2D eigenvalue weighted by atomic mass is 9.51. The third kappa shape index (κ3) is 3.51. The highest BCUT2D eigenvalue weighted by atomic mass is 16.7. The van der Waals surface area contributed by atoms with Crippen molar-refractivity contribution in [2.24, 2.45) is 16.7 Å². The Labute approximate surface area is 193 Å². The molecule has 2 heterocycles. The number of fused-ring (bicyclic) bond motifs is 2. The highest BCUT2D eigenvalue weighted by molar-refractivity contribution is 5.70. The molecule has 2 aliphatic carbocycles. The maximum absolute atomic E-state index is 12.5. The molecule has 184 valence electrons. The summed E-state index contributed by atoms with van der Waals surface area (Å²) in [6.07, 6.45) is -1.42. The average Bonchev–Trinajstić information content (AvgIpc) is 3.48. The summed E-state index contributed by atoms with van der Waals surface area (Å²) in [6.45, 7) is 10.5. The zero-order valence-corrected chi connectivity index (χ0v) is 20.1. The van der Waals surface area contributed by atoms with E-state index in [1.807, 2.05) is 33.8 Å². The van der Waals surface area contributed by atoms with E-state index in [-0.39, 0.29) is 31.3 Å². The van der Waals surface area contributed by atoms with Gasteiger partial charge in [-0.3, -0.25) is 14.4 Å². The van der Waals surface area contributed by atoms with Gasteiger partial charge < -0.3 is 28.8 Å². The fraction of sp³-hybridized carbons (Fsp3) is 0.792. The van der Waals surface area contributed by atoms with Crippen LogP contribution in [0.25, 0.3) is 0 Å². The van der Waals surface area contributed by atoms with Crippen LogP contribution in [0.5, 0.6) is 0 Å². The van der Waals surface area contributed by atoms with Crippen LogP contribution in [0.3, 0.4) is 0 Å². The normalized spacial score (nSPS) is 43.0. The monoisotopic (exact) mass is 466 g/mol. The summed E-state index contributed by atoms with van der Waals surface area (Å²) in [5, 5.41) is 11.6. The molecule has 1 N–H and O–H groups in total. The van der Waals surface area contributed by atoms with Gasteiger partial charge in [-0.25, -0.2) is 0 Å². The van der Waals surface area contributed by atoms with E-state index in [0.29, 0.717) is 6.61 Å². The molecule has 2 bridgehead atoms. The quantitative estimate of drug-likeness (QED) is 0.270. The molecule has 9 nitrogen and oxygen atoms in total. The molecule has 0 aromatic rings. The number of epoxide rings is 1. The summed E-state index contributed by atoms with van der Waals surface area (Å²) in [7, 11) is 0. The summed E-state index contributed by atoms with van der Waals surface area (Å²) in [4.78, 5) is 36.2. The van der Waals surface area contributed by atoms with Crippen LogP contribution >= 0.6 is 0 Å². The lowest BCUT2D eigenvalue weighted by Crippen LogP contribution is -2.67. The molecule has 2 saturated heterocycles. The van der Waals surface area contributed by atoms with E-state index in [2.05, 4.69) is 0 Å². The molecular weight excluding hydrogens is 432 g/mol. The third-order valence-electron chi connectivity index (χ3n) is 8.02. The maximum Gasteiger partial charge on any atom is 0.306 e. The molecule has 0 aromatic carbocycles. The number of esters is 3. The fourth-order valence-corrected chi connectivity index (χ4v) is 6.21. The first-order valence-corrected chi connectivity index (χ1v) is 11.5. The summed E-state index contributed by atoms with van der Waals surface area (Å²) >= 11 is 0. The highest BCUT2D eigenvalue weighted by Crippen LogP contribution is 2.72. The number of aliphatic hydroxyl groups excluding tert-OH is 1. The molecule has 3 fully saturated rings. The van der Waals surface area contributed by atoms with Gasteiger partial charge in [-0.1, -0.05) is 26.8 Å². The molecule has 1 spiro atoms. The van der Waals surface area contributed by atoms with Gasteiger partial charge in [0.1, 0.15) is 30.5 Å². The topological polar surface area (TPSA) is 121 Å². The van der Waals surface area contributed by atoms with E-state index in [1.165, 1.54) is 13.8 Å². The Bertz CT molecular complexity index is 875. The molecule has 1 saturated carbocycles. The molecule has 0 aromatic heterocycles. The molecule has 0 radical (unpaired) electrons. The molecular formula is C24H34O9. The van der Waals surface area contributed by atoms with Crippen LogP contribution in [0.1, 0.15) is 54.4 Å². The van der Waals surface area contributed by atoms with Crippen LogP contribution in [0.2, 0.25) is 0 Å². The van der Waals surface area contributed by atoms with E-state index in [4.69, 9.17) is 23.7 Å². The van der Waals surface area contributed by atoms with Crippen LogP contribution in [-0.4, -0.2) is 72.3 Å². The van der Waals surface area contributed by atoms with Crippen molar-refractivity contribution in [3.05, 3.63) is 11.6 Å². The lowest BCUT2D eigenvalue weighted by Gasteiger charge is -2.58. The zero-order valence-electron chi connectivity index (χ0n) is 20.1. The predicted molar refractivity (Wildman–Crippen MR) is 114 cm³/mol. The van der Waals surface area contributed by atoms with E-state index < -0.39 is 58.9 Å². The minimum absolute atomic E-state index is 0.0623. The Balaban J connectivity index is 1.77. The van der Waals surface area contributed by atoms with Crippen LogP contribution in [0, 0.1) is 16.7 Å². The molecule has 2 aliphatic heterocycles. The van der Waals surface area contributed by atoms with Crippen molar-refractivity contribution >= 4 is 17.9 Å². The van der Waals surface area contributed by atoms with E-state index in [9.17, 15) is 19.5 Å². The Hall–Kier alpha value is -1.97. The molecule has 8 atom stereocenters. The van der Waals surface area contributed by atoms with Gasteiger partial charge in [0.15, 0.2) is 6.10 Å². The number of hydrogen-bond acceptors (Lipinski definition) is 9. The molecule has 33 heavy (non-hydrogen) atoms. The van der Waals surface area contributed by atoms with Crippen molar-refractivity contribution in [3.8, 4) is 0 Å².